The van der Waals surface area contributed by atoms with Crippen molar-refractivity contribution in [2.75, 3.05) is 5.32 Å². The van der Waals surface area contributed by atoms with Crippen molar-refractivity contribution in [1.29, 1.82) is 0 Å². The monoisotopic (exact) mass is 344 g/mol. The lowest BCUT2D eigenvalue weighted by molar-refractivity contribution is -0.138. The standard InChI is InChI=1S/C21H32N2O2/c1-15(2)16-11-13-18(14-12-16)23-20(25)21(3,4)19(24)22-17-9-7-5-6-8-10-17/h11-15,17H,5-10H2,1-4H3,(H,22,24)(H,23,25). The molecule has 0 aliphatic heterocycles. The summed E-state index contributed by atoms with van der Waals surface area (Å²) in [6.07, 6.45) is 6.81. The summed E-state index contributed by atoms with van der Waals surface area (Å²) in [5, 5.41) is 5.97. The summed E-state index contributed by atoms with van der Waals surface area (Å²) in [6, 6.07) is 8.02. The molecule has 2 rings (SSSR count). The Morgan fingerprint density at radius 3 is 2.04 bits per heavy atom. The summed E-state index contributed by atoms with van der Waals surface area (Å²) in [6.45, 7) is 7.65. The van der Waals surface area contributed by atoms with Crippen LogP contribution in [0.25, 0.3) is 0 Å². The van der Waals surface area contributed by atoms with Gasteiger partial charge >= 0.3 is 0 Å². The Kier molecular flexibility index (Phi) is 6.63. The number of rotatable bonds is 5. The van der Waals surface area contributed by atoms with Gasteiger partial charge in [-0.2, -0.15) is 0 Å². The number of hydrogen-bond acceptors (Lipinski definition) is 2. The van der Waals surface area contributed by atoms with Gasteiger partial charge in [-0.3, -0.25) is 9.59 Å². The zero-order valence-electron chi connectivity index (χ0n) is 16.0. The maximum absolute atomic E-state index is 12.6. The molecule has 0 saturated heterocycles. The quantitative estimate of drug-likeness (QED) is 0.605. The second kappa shape index (κ2) is 8.50. The van der Waals surface area contributed by atoms with Crippen molar-refractivity contribution < 1.29 is 9.59 Å². The molecule has 0 radical (unpaired) electrons. The minimum atomic E-state index is -1.09. The molecule has 2 amide bonds. The first-order chi connectivity index (χ1) is 11.8. The van der Waals surface area contributed by atoms with Crippen LogP contribution >= 0.6 is 0 Å². The molecule has 138 valence electrons. The Balaban J connectivity index is 1.96. The van der Waals surface area contributed by atoms with Crippen molar-refractivity contribution in [3.8, 4) is 0 Å². The maximum Gasteiger partial charge on any atom is 0.239 e. The molecule has 1 aliphatic rings. The molecule has 2 N–H and O–H groups in total. The van der Waals surface area contributed by atoms with Gasteiger partial charge in [0.2, 0.25) is 11.8 Å². The summed E-state index contributed by atoms with van der Waals surface area (Å²) in [5.41, 5.74) is 0.858. The molecule has 4 heteroatoms. The van der Waals surface area contributed by atoms with Crippen molar-refractivity contribution in [3.63, 3.8) is 0 Å². The van der Waals surface area contributed by atoms with Crippen LogP contribution in [-0.2, 0) is 9.59 Å². The SMILES string of the molecule is CC(C)c1ccc(NC(=O)C(C)(C)C(=O)NC2CCCCCC2)cc1. The number of amides is 2. The van der Waals surface area contributed by atoms with E-state index in [1.807, 2.05) is 24.3 Å². The van der Waals surface area contributed by atoms with Crippen LogP contribution in [0.1, 0.15) is 77.7 Å². The van der Waals surface area contributed by atoms with Crippen molar-refractivity contribution >= 4 is 17.5 Å². The van der Waals surface area contributed by atoms with Gasteiger partial charge in [0.1, 0.15) is 5.41 Å². The van der Waals surface area contributed by atoms with E-state index in [1.165, 1.54) is 18.4 Å². The lowest BCUT2D eigenvalue weighted by atomic mass is 9.90. The van der Waals surface area contributed by atoms with E-state index in [-0.39, 0.29) is 17.9 Å². The highest BCUT2D eigenvalue weighted by Gasteiger charge is 2.37. The number of hydrogen-bond donors (Lipinski definition) is 2. The van der Waals surface area contributed by atoms with E-state index in [4.69, 9.17) is 0 Å². The number of carbonyl (C=O) groups excluding carboxylic acids is 2. The molecule has 25 heavy (non-hydrogen) atoms. The molecule has 0 bridgehead atoms. The van der Waals surface area contributed by atoms with E-state index in [0.717, 1.165) is 31.4 Å². The third kappa shape index (κ3) is 5.32. The van der Waals surface area contributed by atoms with Crippen LogP contribution in [0, 0.1) is 5.41 Å². The molecular formula is C21H32N2O2. The highest BCUT2D eigenvalue weighted by Crippen LogP contribution is 2.23. The van der Waals surface area contributed by atoms with Gasteiger partial charge in [-0.25, -0.2) is 0 Å². The molecule has 1 aliphatic carbocycles. The van der Waals surface area contributed by atoms with E-state index in [0.29, 0.717) is 5.92 Å². The van der Waals surface area contributed by atoms with Crippen LogP contribution in [-0.4, -0.2) is 17.9 Å². The molecule has 1 saturated carbocycles. The first kappa shape index (κ1) is 19.5. The van der Waals surface area contributed by atoms with E-state index in [2.05, 4.69) is 24.5 Å². The second-order valence-corrected chi connectivity index (χ2v) is 8.02. The highest BCUT2D eigenvalue weighted by atomic mass is 16.2. The van der Waals surface area contributed by atoms with Crippen molar-refractivity contribution in [2.24, 2.45) is 5.41 Å². The largest absolute Gasteiger partial charge is 0.352 e. The Hall–Kier alpha value is -1.84. The smallest absolute Gasteiger partial charge is 0.239 e. The van der Waals surface area contributed by atoms with Crippen molar-refractivity contribution in [3.05, 3.63) is 29.8 Å². The molecule has 1 aromatic rings. The third-order valence-electron chi connectivity index (χ3n) is 5.16. The predicted octanol–water partition coefficient (Wildman–Crippen LogP) is 4.61. The summed E-state index contributed by atoms with van der Waals surface area (Å²) < 4.78 is 0. The first-order valence-corrected chi connectivity index (χ1v) is 9.53. The van der Waals surface area contributed by atoms with Gasteiger partial charge < -0.3 is 10.6 Å². The maximum atomic E-state index is 12.6. The fourth-order valence-electron chi connectivity index (χ4n) is 3.13. The summed E-state index contributed by atoms with van der Waals surface area (Å²) in [5.74, 6) is -0.00170. The minimum Gasteiger partial charge on any atom is -0.352 e. The van der Waals surface area contributed by atoms with E-state index < -0.39 is 5.41 Å². The van der Waals surface area contributed by atoms with Gasteiger partial charge in [0.05, 0.1) is 0 Å². The van der Waals surface area contributed by atoms with Crippen molar-refractivity contribution in [2.45, 2.75) is 78.2 Å². The Morgan fingerprint density at radius 1 is 0.960 bits per heavy atom. The zero-order valence-corrected chi connectivity index (χ0v) is 16.0. The Labute approximate surface area is 151 Å². The summed E-state index contributed by atoms with van der Waals surface area (Å²) >= 11 is 0. The van der Waals surface area contributed by atoms with Crippen molar-refractivity contribution in [1.82, 2.24) is 5.32 Å². The lowest BCUT2D eigenvalue weighted by Crippen LogP contribution is -2.48. The first-order valence-electron chi connectivity index (χ1n) is 9.53. The van der Waals surface area contributed by atoms with Gasteiger partial charge in [-0.05, 0) is 50.3 Å². The predicted molar refractivity (Wildman–Crippen MR) is 103 cm³/mol. The topological polar surface area (TPSA) is 58.2 Å². The molecule has 1 fully saturated rings. The lowest BCUT2D eigenvalue weighted by Gasteiger charge is -2.26. The fourth-order valence-corrected chi connectivity index (χ4v) is 3.13. The van der Waals surface area contributed by atoms with Gasteiger partial charge in [0.25, 0.3) is 0 Å². The molecule has 0 atom stereocenters. The second-order valence-electron chi connectivity index (χ2n) is 8.02. The van der Waals surface area contributed by atoms with Crippen LogP contribution in [0.15, 0.2) is 24.3 Å². The molecular weight excluding hydrogens is 312 g/mol. The van der Waals surface area contributed by atoms with Gasteiger partial charge in [-0.15, -0.1) is 0 Å². The third-order valence-corrected chi connectivity index (χ3v) is 5.16. The van der Waals surface area contributed by atoms with Gasteiger partial charge in [-0.1, -0.05) is 51.7 Å². The average Bonchev–Trinajstić information content (AvgIpc) is 2.83. The van der Waals surface area contributed by atoms with Gasteiger partial charge in [0.15, 0.2) is 0 Å². The van der Waals surface area contributed by atoms with Gasteiger partial charge in [0, 0.05) is 11.7 Å². The Bertz CT molecular complexity index is 582. The molecule has 0 aromatic heterocycles. The normalized spacial score (nSPS) is 16.4. The number of benzene rings is 1. The molecule has 0 unspecified atom stereocenters. The summed E-state index contributed by atoms with van der Waals surface area (Å²) in [7, 11) is 0. The fraction of sp³-hybridized carbons (Fsp3) is 0.619. The van der Waals surface area contributed by atoms with E-state index >= 15 is 0 Å². The average molecular weight is 344 g/mol. The van der Waals surface area contributed by atoms with E-state index in [9.17, 15) is 9.59 Å². The van der Waals surface area contributed by atoms with E-state index in [1.54, 1.807) is 13.8 Å². The molecule has 4 nitrogen and oxygen atoms in total. The number of carbonyl (C=O) groups is 2. The highest BCUT2D eigenvalue weighted by molar-refractivity contribution is 6.09. The van der Waals surface area contributed by atoms with Crippen LogP contribution in [0.4, 0.5) is 5.69 Å². The van der Waals surface area contributed by atoms with Crippen LogP contribution < -0.4 is 10.6 Å². The Morgan fingerprint density at radius 2 is 1.52 bits per heavy atom. The molecule has 1 aromatic carbocycles. The molecule has 0 spiro atoms. The molecule has 0 heterocycles. The van der Waals surface area contributed by atoms with Crippen LogP contribution in [0.5, 0.6) is 0 Å². The van der Waals surface area contributed by atoms with Crippen LogP contribution in [0.3, 0.4) is 0 Å². The zero-order chi connectivity index (χ0) is 18.4. The van der Waals surface area contributed by atoms with Crippen LogP contribution in [0.2, 0.25) is 0 Å². The summed E-state index contributed by atoms with van der Waals surface area (Å²) in [4.78, 5) is 25.3. The number of nitrogens with one attached hydrogen (secondary N) is 2. The number of anilines is 1. The minimum absolute atomic E-state index is 0.185.